The van der Waals surface area contributed by atoms with Crippen molar-refractivity contribution in [1.29, 1.82) is 0 Å². The molecule has 1 heterocycles. The monoisotopic (exact) mass is 464 g/mol. The maximum atomic E-state index is 13.4. The van der Waals surface area contributed by atoms with Gasteiger partial charge in [0.25, 0.3) is 5.91 Å². The molecule has 1 aliphatic rings. The lowest BCUT2D eigenvalue weighted by molar-refractivity contribution is -0.0440. The number of carbonyl (C=O) groups is 1. The molecule has 0 aromatic heterocycles. The van der Waals surface area contributed by atoms with E-state index in [4.69, 9.17) is 16.3 Å². The first-order chi connectivity index (χ1) is 14.7. The normalized spacial score (nSPS) is 19.9. The standard InChI is InChI=1S/C23H29ClN2O4S/c1-4-5-13-26(20-9-7-6-8-10-20)23(27)19-11-12-21(24)22(14-19)31(28,29)25-15-17(2)30-18(3)16-25/h6-12,14,17-18H,4-5,13,15-16H2,1-3H3/t17-,18+. The number of carbonyl (C=O) groups excluding carboxylic acids is 1. The number of hydrogen-bond acceptors (Lipinski definition) is 4. The van der Waals surface area contributed by atoms with Crippen molar-refractivity contribution in [1.82, 2.24) is 4.31 Å². The van der Waals surface area contributed by atoms with Gasteiger partial charge in [-0.15, -0.1) is 0 Å². The van der Waals surface area contributed by atoms with Gasteiger partial charge in [0, 0.05) is 30.9 Å². The largest absolute Gasteiger partial charge is 0.373 e. The Balaban J connectivity index is 1.96. The molecule has 0 saturated carbocycles. The van der Waals surface area contributed by atoms with Gasteiger partial charge in [0.1, 0.15) is 4.90 Å². The van der Waals surface area contributed by atoms with Gasteiger partial charge in [0.2, 0.25) is 10.0 Å². The van der Waals surface area contributed by atoms with E-state index < -0.39 is 10.0 Å². The molecule has 31 heavy (non-hydrogen) atoms. The molecule has 6 nitrogen and oxygen atoms in total. The van der Waals surface area contributed by atoms with Crippen molar-refractivity contribution in [2.45, 2.75) is 50.7 Å². The van der Waals surface area contributed by atoms with E-state index in [9.17, 15) is 13.2 Å². The number of anilines is 1. The highest BCUT2D eigenvalue weighted by atomic mass is 35.5. The summed E-state index contributed by atoms with van der Waals surface area (Å²) in [6.45, 7) is 6.77. The second kappa shape index (κ2) is 10.1. The molecule has 2 atom stereocenters. The maximum absolute atomic E-state index is 13.4. The molecule has 0 radical (unpaired) electrons. The molecule has 2 aromatic rings. The number of para-hydroxylation sites is 1. The molecule has 3 rings (SSSR count). The molecule has 168 valence electrons. The van der Waals surface area contributed by atoms with Crippen molar-refractivity contribution < 1.29 is 17.9 Å². The Morgan fingerprint density at radius 3 is 2.39 bits per heavy atom. The quantitative estimate of drug-likeness (QED) is 0.601. The van der Waals surface area contributed by atoms with Crippen LogP contribution in [0, 0.1) is 0 Å². The molecule has 1 saturated heterocycles. The summed E-state index contributed by atoms with van der Waals surface area (Å²) in [6, 6.07) is 13.8. The van der Waals surface area contributed by atoms with Gasteiger partial charge < -0.3 is 9.64 Å². The average molecular weight is 465 g/mol. The number of benzene rings is 2. The predicted octanol–water partition coefficient (Wildman–Crippen LogP) is 4.58. The van der Waals surface area contributed by atoms with Crippen molar-refractivity contribution in [3.8, 4) is 0 Å². The molecule has 1 fully saturated rings. The van der Waals surface area contributed by atoms with Crippen LogP contribution in [0.4, 0.5) is 5.69 Å². The maximum Gasteiger partial charge on any atom is 0.258 e. The number of rotatable bonds is 7. The van der Waals surface area contributed by atoms with Gasteiger partial charge in [0.15, 0.2) is 0 Å². The van der Waals surface area contributed by atoms with Crippen molar-refractivity contribution in [3.05, 3.63) is 59.1 Å². The fraction of sp³-hybridized carbons (Fsp3) is 0.435. The highest BCUT2D eigenvalue weighted by Gasteiger charge is 2.34. The lowest BCUT2D eigenvalue weighted by atomic mass is 10.1. The van der Waals surface area contributed by atoms with E-state index >= 15 is 0 Å². The topological polar surface area (TPSA) is 66.9 Å². The molecule has 0 spiro atoms. The van der Waals surface area contributed by atoms with Crippen molar-refractivity contribution >= 4 is 33.2 Å². The third-order valence-electron chi connectivity index (χ3n) is 5.23. The Labute approximate surface area is 189 Å². The van der Waals surface area contributed by atoms with E-state index in [2.05, 4.69) is 6.92 Å². The van der Waals surface area contributed by atoms with Gasteiger partial charge in [-0.05, 0) is 50.6 Å². The summed E-state index contributed by atoms with van der Waals surface area (Å²) >= 11 is 6.30. The number of amides is 1. The van der Waals surface area contributed by atoms with Crippen LogP contribution in [-0.4, -0.2) is 50.5 Å². The van der Waals surface area contributed by atoms with Crippen LogP contribution in [0.3, 0.4) is 0 Å². The Bertz CT molecular complexity index is 1000. The Morgan fingerprint density at radius 1 is 1.13 bits per heavy atom. The van der Waals surface area contributed by atoms with E-state index in [-0.39, 0.29) is 46.7 Å². The molecule has 0 N–H and O–H groups in total. The van der Waals surface area contributed by atoms with E-state index in [0.29, 0.717) is 6.54 Å². The molecule has 1 aliphatic heterocycles. The van der Waals surface area contributed by atoms with E-state index in [0.717, 1.165) is 18.5 Å². The zero-order valence-corrected chi connectivity index (χ0v) is 19.7. The third-order valence-corrected chi connectivity index (χ3v) is 7.54. The van der Waals surface area contributed by atoms with Gasteiger partial charge in [-0.25, -0.2) is 8.42 Å². The van der Waals surface area contributed by atoms with Crippen LogP contribution >= 0.6 is 11.6 Å². The molecule has 1 amide bonds. The third kappa shape index (κ3) is 5.47. The Morgan fingerprint density at radius 2 is 1.77 bits per heavy atom. The highest BCUT2D eigenvalue weighted by molar-refractivity contribution is 7.89. The second-order valence-electron chi connectivity index (χ2n) is 7.87. The molecule has 8 heteroatoms. The van der Waals surface area contributed by atoms with E-state index in [1.54, 1.807) is 11.0 Å². The highest BCUT2D eigenvalue weighted by Crippen LogP contribution is 2.29. The van der Waals surface area contributed by atoms with Crippen LogP contribution in [-0.2, 0) is 14.8 Å². The van der Waals surface area contributed by atoms with Gasteiger partial charge >= 0.3 is 0 Å². The van der Waals surface area contributed by atoms with Gasteiger partial charge in [-0.2, -0.15) is 4.31 Å². The van der Waals surface area contributed by atoms with Crippen LogP contribution in [0.25, 0.3) is 0 Å². The van der Waals surface area contributed by atoms with E-state index in [1.807, 2.05) is 44.2 Å². The van der Waals surface area contributed by atoms with Crippen molar-refractivity contribution in [3.63, 3.8) is 0 Å². The molecule has 0 unspecified atom stereocenters. The minimum Gasteiger partial charge on any atom is -0.373 e. The van der Waals surface area contributed by atoms with Crippen LogP contribution in [0.2, 0.25) is 5.02 Å². The van der Waals surface area contributed by atoms with Crippen molar-refractivity contribution in [2.75, 3.05) is 24.5 Å². The number of unbranched alkanes of at least 4 members (excludes halogenated alkanes) is 1. The first-order valence-corrected chi connectivity index (χ1v) is 12.4. The van der Waals surface area contributed by atoms with Crippen LogP contribution in [0.5, 0.6) is 0 Å². The number of hydrogen-bond donors (Lipinski definition) is 0. The molecule has 2 aromatic carbocycles. The molecular weight excluding hydrogens is 436 g/mol. The van der Waals surface area contributed by atoms with Gasteiger partial charge in [-0.1, -0.05) is 43.1 Å². The lowest BCUT2D eigenvalue weighted by Gasteiger charge is -2.34. The van der Waals surface area contributed by atoms with E-state index in [1.165, 1.54) is 16.4 Å². The van der Waals surface area contributed by atoms with Gasteiger partial charge in [-0.3, -0.25) is 4.79 Å². The summed E-state index contributed by atoms with van der Waals surface area (Å²) in [5.41, 5.74) is 1.06. The number of sulfonamides is 1. The predicted molar refractivity (Wildman–Crippen MR) is 123 cm³/mol. The Kier molecular flexibility index (Phi) is 7.75. The second-order valence-corrected chi connectivity index (χ2v) is 10.2. The van der Waals surface area contributed by atoms with Crippen LogP contribution in [0.1, 0.15) is 44.0 Å². The Hall–Kier alpha value is -1.93. The van der Waals surface area contributed by atoms with Crippen molar-refractivity contribution in [2.24, 2.45) is 0 Å². The minimum absolute atomic E-state index is 0.0511. The lowest BCUT2D eigenvalue weighted by Crippen LogP contribution is -2.48. The van der Waals surface area contributed by atoms with Crippen LogP contribution < -0.4 is 4.90 Å². The SMILES string of the molecule is CCCCN(C(=O)c1ccc(Cl)c(S(=O)(=O)N2C[C@@H](C)O[C@@H](C)C2)c1)c1ccccc1. The zero-order valence-electron chi connectivity index (χ0n) is 18.1. The molecular formula is C23H29ClN2O4S. The average Bonchev–Trinajstić information content (AvgIpc) is 2.74. The number of morpholine rings is 1. The number of halogens is 1. The first-order valence-electron chi connectivity index (χ1n) is 10.6. The molecule has 0 aliphatic carbocycles. The first kappa shape index (κ1) is 23.7. The fourth-order valence-electron chi connectivity index (χ4n) is 3.73. The number of nitrogens with zero attached hydrogens (tertiary/aromatic N) is 2. The summed E-state index contributed by atoms with van der Waals surface area (Å²) in [5.74, 6) is -0.253. The zero-order chi connectivity index (χ0) is 22.6. The minimum atomic E-state index is -3.87. The fourth-order valence-corrected chi connectivity index (χ4v) is 5.82. The molecule has 0 bridgehead atoms. The summed E-state index contributed by atoms with van der Waals surface area (Å²) in [7, 11) is -3.87. The smallest absolute Gasteiger partial charge is 0.258 e. The summed E-state index contributed by atoms with van der Waals surface area (Å²) in [6.07, 6.45) is 1.34. The summed E-state index contributed by atoms with van der Waals surface area (Å²) in [4.78, 5) is 15.0. The van der Waals surface area contributed by atoms with Crippen LogP contribution in [0.15, 0.2) is 53.4 Å². The summed E-state index contributed by atoms with van der Waals surface area (Å²) in [5, 5.41) is 0.100. The van der Waals surface area contributed by atoms with Gasteiger partial charge in [0.05, 0.1) is 17.2 Å². The number of ether oxygens (including phenoxy) is 1. The summed E-state index contributed by atoms with van der Waals surface area (Å²) < 4.78 is 33.7.